The van der Waals surface area contributed by atoms with Crippen LogP contribution in [0.1, 0.15) is 53.3 Å². The molecule has 1 aromatic carbocycles. The van der Waals surface area contributed by atoms with Crippen LogP contribution in [0.15, 0.2) is 65.4 Å². The Hall–Kier alpha value is -2.83. The summed E-state index contributed by atoms with van der Waals surface area (Å²) in [6.07, 6.45) is 11.7. The van der Waals surface area contributed by atoms with Gasteiger partial charge in [-0.15, -0.1) is 11.3 Å². The van der Waals surface area contributed by atoms with Gasteiger partial charge < -0.3 is 9.97 Å². The van der Waals surface area contributed by atoms with E-state index in [1.54, 1.807) is 36.9 Å². The van der Waals surface area contributed by atoms with Crippen molar-refractivity contribution in [3.63, 3.8) is 0 Å². The van der Waals surface area contributed by atoms with Crippen LogP contribution in [0.4, 0.5) is 0 Å². The first-order chi connectivity index (χ1) is 19.9. The van der Waals surface area contributed by atoms with Crippen LogP contribution < -0.4 is 0 Å². The van der Waals surface area contributed by atoms with E-state index in [0.29, 0.717) is 17.1 Å². The second-order valence-corrected chi connectivity index (χ2v) is 14.5. The first-order valence-corrected chi connectivity index (χ1v) is 16.7. The Balaban J connectivity index is 1.06. The lowest BCUT2D eigenvalue weighted by Crippen LogP contribution is -2.49. The summed E-state index contributed by atoms with van der Waals surface area (Å²) in [5.41, 5.74) is 3.00. The minimum Gasteiger partial charge on any atom is -0.347 e. The summed E-state index contributed by atoms with van der Waals surface area (Å²) in [4.78, 5) is 21.5. The fourth-order valence-corrected chi connectivity index (χ4v) is 8.62. The van der Waals surface area contributed by atoms with E-state index >= 15 is 0 Å². The van der Waals surface area contributed by atoms with Crippen molar-refractivity contribution in [3.05, 3.63) is 88.2 Å². The minimum atomic E-state index is -3.75. The Morgan fingerprint density at radius 3 is 2.17 bits per heavy atom. The fraction of sp³-hybridized carbons (Fsp3) is 0.467. The number of likely N-dealkylation sites (tertiary alicyclic amines) is 2. The molecule has 218 valence electrons. The standard InChI is InChI=1S/C30H39N7O2S2/c1-24-7-18-40-27(24)20-36-15-2-8-30(23-36)9-16-35(17-10-30)19-25-3-5-26(6-4-25)41(38,39)37(21-28-31-11-12-32-28)22-29-33-13-14-34-29/h3-7,11-14,18H,2,8-10,15-17,19-23H2,1H3,(H,31,32)(H,33,34). The molecule has 5 heterocycles. The summed E-state index contributed by atoms with van der Waals surface area (Å²) in [5, 5.41) is 2.21. The lowest BCUT2D eigenvalue weighted by Gasteiger charge is -2.47. The number of sulfonamides is 1. The zero-order valence-electron chi connectivity index (χ0n) is 23.6. The van der Waals surface area contributed by atoms with Gasteiger partial charge >= 0.3 is 0 Å². The van der Waals surface area contributed by atoms with Crippen LogP contribution in [0.25, 0.3) is 0 Å². The highest BCUT2D eigenvalue weighted by molar-refractivity contribution is 7.89. The summed E-state index contributed by atoms with van der Waals surface area (Å²) in [7, 11) is -3.75. The lowest BCUT2D eigenvalue weighted by atomic mass is 9.72. The molecule has 3 aromatic heterocycles. The number of aromatic nitrogens is 4. The average Bonchev–Trinajstić information content (AvgIpc) is 3.76. The van der Waals surface area contributed by atoms with Gasteiger partial charge in [-0.3, -0.25) is 9.80 Å². The van der Waals surface area contributed by atoms with Crippen LogP contribution >= 0.6 is 11.3 Å². The van der Waals surface area contributed by atoms with Crippen molar-refractivity contribution < 1.29 is 8.42 Å². The molecular weight excluding hydrogens is 555 g/mol. The lowest BCUT2D eigenvalue weighted by molar-refractivity contribution is 0.0189. The number of aryl methyl sites for hydroxylation is 1. The van der Waals surface area contributed by atoms with Crippen molar-refractivity contribution >= 4 is 21.4 Å². The summed E-state index contributed by atoms with van der Waals surface area (Å²) in [5.74, 6) is 1.17. The third-order valence-electron chi connectivity index (χ3n) is 8.72. The molecule has 0 saturated carbocycles. The first-order valence-electron chi connectivity index (χ1n) is 14.4. The number of nitrogens with one attached hydrogen (secondary N) is 2. The van der Waals surface area contributed by atoms with E-state index in [2.05, 4.69) is 48.1 Å². The monoisotopic (exact) mass is 593 g/mol. The molecule has 0 aliphatic carbocycles. The van der Waals surface area contributed by atoms with Crippen LogP contribution in [-0.2, 0) is 36.2 Å². The molecular formula is C30H39N7O2S2. The van der Waals surface area contributed by atoms with Gasteiger partial charge in [-0.05, 0) is 92.4 Å². The van der Waals surface area contributed by atoms with Gasteiger partial charge in [-0.1, -0.05) is 12.1 Å². The second-order valence-electron chi connectivity index (χ2n) is 11.6. The SMILES string of the molecule is Cc1ccsc1CN1CCCC2(CCN(Cc3ccc(S(=O)(=O)N(Cc4ncc[nH]4)Cc4ncc[nH]4)cc3)CC2)C1. The molecule has 2 saturated heterocycles. The van der Waals surface area contributed by atoms with Gasteiger partial charge in [0.25, 0.3) is 0 Å². The molecule has 0 bridgehead atoms. The zero-order chi connectivity index (χ0) is 28.3. The van der Waals surface area contributed by atoms with Crippen LogP contribution in [0.3, 0.4) is 0 Å². The Morgan fingerprint density at radius 1 is 0.902 bits per heavy atom. The van der Waals surface area contributed by atoms with Crippen molar-refractivity contribution in [2.24, 2.45) is 5.41 Å². The topological polar surface area (TPSA) is 101 Å². The minimum absolute atomic E-state index is 0.137. The Morgan fingerprint density at radius 2 is 1.59 bits per heavy atom. The molecule has 0 radical (unpaired) electrons. The molecule has 2 aliphatic heterocycles. The molecule has 2 aliphatic rings. The molecule has 0 atom stereocenters. The number of rotatable bonds is 10. The number of benzene rings is 1. The number of aromatic amines is 2. The molecule has 2 N–H and O–H groups in total. The predicted octanol–water partition coefficient (Wildman–Crippen LogP) is 4.77. The molecule has 2 fully saturated rings. The van der Waals surface area contributed by atoms with Gasteiger partial charge in [0.15, 0.2) is 0 Å². The fourth-order valence-electron chi connectivity index (χ4n) is 6.31. The van der Waals surface area contributed by atoms with Crippen molar-refractivity contribution in [2.75, 3.05) is 26.2 Å². The van der Waals surface area contributed by atoms with Crippen molar-refractivity contribution in [1.82, 2.24) is 34.0 Å². The van der Waals surface area contributed by atoms with Gasteiger partial charge in [-0.2, -0.15) is 4.31 Å². The average molecular weight is 594 g/mol. The van der Waals surface area contributed by atoms with E-state index in [1.165, 1.54) is 53.5 Å². The molecule has 0 unspecified atom stereocenters. The van der Waals surface area contributed by atoms with E-state index in [4.69, 9.17) is 0 Å². The van der Waals surface area contributed by atoms with Crippen molar-refractivity contribution in [3.8, 4) is 0 Å². The van der Waals surface area contributed by atoms with Gasteiger partial charge in [0, 0.05) is 49.3 Å². The van der Waals surface area contributed by atoms with Crippen molar-refractivity contribution in [1.29, 1.82) is 0 Å². The number of imidazole rings is 2. The Labute approximate surface area is 246 Å². The maximum Gasteiger partial charge on any atom is 0.243 e. The number of hydrogen-bond acceptors (Lipinski definition) is 7. The number of H-pyrrole nitrogens is 2. The molecule has 4 aromatic rings. The Bertz CT molecular complexity index is 1450. The highest BCUT2D eigenvalue weighted by atomic mass is 32.2. The van der Waals surface area contributed by atoms with E-state index in [1.807, 2.05) is 23.5 Å². The maximum atomic E-state index is 13.6. The summed E-state index contributed by atoms with van der Waals surface area (Å²) >= 11 is 1.89. The van der Waals surface area contributed by atoms with Gasteiger partial charge in [0.1, 0.15) is 11.6 Å². The zero-order valence-corrected chi connectivity index (χ0v) is 25.3. The third-order valence-corrected chi connectivity index (χ3v) is 11.5. The molecule has 41 heavy (non-hydrogen) atoms. The summed E-state index contributed by atoms with van der Waals surface area (Å²) < 4.78 is 28.7. The van der Waals surface area contributed by atoms with Crippen LogP contribution in [0.5, 0.6) is 0 Å². The number of piperidine rings is 2. The summed E-state index contributed by atoms with van der Waals surface area (Å²) in [6.45, 7) is 9.02. The van der Waals surface area contributed by atoms with Gasteiger partial charge in [0.2, 0.25) is 10.0 Å². The Kier molecular flexibility index (Phi) is 8.41. The molecule has 11 heteroatoms. The van der Waals surface area contributed by atoms with E-state index < -0.39 is 10.0 Å². The van der Waals surface area contributed by atoms with Crippen molar-refractivity contribution in [2.45, 2.75) is 63.7 Å². The highest BCUT2D eigenvalue weighted by Crippen LogP contribution is 2.41. The summed E-state index contributed by atoms with van der Waals surface area (Å²) in [6, 6.07) is 9.62. The molecule has 1 spiro atoms. The second kappa shape index (κ2) is 12.2. The predicted molar refractivity (Wildman–Crippen MR) is 161 cm³/mol. The first kappa shape index (κ1) is 28.3. The smallest absolute Gasteiger partial charge is 0.243 e. The van der Waals surface area contributed by atoms with E-state index in [-0.39, 0.29) is 18.0 Å². The molecule has 0 amide bonds. The van der Waals surface area contributed by atoms with E-state index in [9.17, 15) is 8.42 Å². The quantitative estimate of drug-likeness (QED) is 0.275. The molecule has 9 nitrogen and oxygen atoms in total. The van der Waals surface area contributed by atoms with Gasteiger partial charge in [0.05, 0.1) is 18.0 Å². The molecule has 6 rings (SSSR count). The highest BCUT2D eigenvalue weighted by Gasteiger charge is 2.38. The van der Waals surface area contributed by atoms with Crippen LogP contribution in [0, 0.1) is 12.3 Å². The maximum absolute atomic E-state index is 13.6. The number of hydrogen-bond donors (Lipinski definition) is 2. The van der Waals surface area contributed by atoms with Crippen LogP contribution in [-0.4, -0.2) is 68.6 Å². The number of thiophene rings is 1. The van der Waals surface area contributed by atoms with Gasteiger partial charge in [-0.25, -0.2) is 18.4 Å². The van der Waals surface area contributed by atoms with E-state index in [0.717, 1.165) is 31.7 Å². The number of nitrogens with zero attached hydrogens (tertiary/aromatic N) is 5. The normalized spacial score (nSPS) is 18.4. The third kappa shape index (κ3) is 6.65. The largest absolute Gasteiger partial charge is 0.347 e. The van der Waals surface area contributed by atoms with Crippen LogP contribution in [0.2, 0.25) is 0 Å².